The van der Waals surface area contributed by atoms with Crippen LogP contribution in [0.4, 0.5) is 0 Å². The molecule has 136 valence electrons. The van der Waals surface area contributed by atoms with E-state index in [0.717, 1.165) is 75.8 Å². The molecule has 3 heterocycles. The van der Waals surface area contributed by atoms with Gasteiger partial charge in [-0.2, -0.15) is 11.8 Å². The van der Waals surface area contributed by atoms with Crippen LogP contribution in [0.15, 0.2) is 0 Å². The van der Waals surface area contributed by atoms with Crippen molar-refractivity contribution in [3.63, 3.8) is 0 Å². The summed E-state index contributed by atoms with van der Waals surface area (Å²) in [5, 5.41) is 3.43. The van der Waals surface area contributed by atoms with E-state index in [1.54, 1.807) is 0 Å². The van der Waals surface area contributed by atoms with Gasteiger partial charge in [0.1, 0.15) is 0 Å². The molecule has 0 bridgehead atoms. The molecule has 1 unspecified atom stereocenters. The predicted octanol–water partition coefficient (Wildman–Crippen LogP) is 1.58. The fraction of sp³-hybridized carbons (Fsp3) is 0.889. The summed E-state index contributed by atoms with van der Waals surface area (Å²) in [4.78, 5) is 29.2. The second-order valence-corrected chi connectivity index (χ2v) is 8.74. The van der Waals surface area contributed by atoms with E-state index < -0.39 is 0 Å². The smallest absolute Gasteiger partial charge is 0.225 e. The highest BCUT2D eigenvalue weighted by Gasteiger charge is 2.32. The molecule has 3 rings (SSSR count). The first-order chi connectivity index (χ1) is 11.6. The van der Waals surface area contributed by atoms with Crippen molar-refractivity contribution in [3.8, 4) is 0 Å². The summed E-state index contributed by atoms with van der Waals surface area (Å²) < 4.78 is 0. The van der Waals surface area contributed by atoms with E-state index in [-0.39, 0.29) is 11.8 Å². The predicted molar refractivity (Wildman–Crippen MR) is 98.0 cm³/mol. The van der Waals surface area contributed by atoms with Crippen molar-refractivity contribution in [2.24, 2.45) is 11.8 Å². The lowest BCUT2D eigenvalue weighted by molar-refractivity contribution is -0.141. The second-order valence-electron chi connectivity index (χ2n) is 7.59. The summed E-state index contributed by atoms with van der Waals surface area (Å²) in [6.07, 6.45) is 4.55. The van der Waals surface area contributed by atoms with E-state index in [1.165, 1.54) is 0 Å². The molecule has 0 aromatic heterocycles. The number of piperidine rings is 2. The first-order valence-corrected chi connectivity index (χ1v) is 10.7. The van der Waals surface area contributed by atoms with Crippen molar-refractivity contribution in [2.45, 2.75) is 45.1 Å². The summed E-state index contributed by atoms with van der Waals surface area (Å²) in [7, 11) is 0. The molecule has 0 spiro atoms. The van der Waals surface area contributed by atoms with Gasteiger partial charge in [-0.1, -0.05) is 6.92 Å². The fourth-order valence-corrected chi connectivity index (χ4v) is 4.90. The molecule has 0 aromatic rings. The molecule has 5 nitrogen and oxygen atoms in total. The Morgan fingerprint density at radius 3 is 2.33 bits per heavy atom. The van der Waals surface area contributed by atoms with E-state index in [2.05, 4.69) is 17.1 Å². The van der Waals surface area contributed by atoms with Crippen LogP contribution in [0, 0.1) is 11.8 Å². The SMILES string of the molecule is CC1CCN(C(=O)C2CCN(C(=O)CC3CSCCN3)CC2)CC1. The Morgan fingerprint density at radius 1 is 1.04 bits per heavy atom. The summed E-state index contributed by atoms with van der Waals surface area (Å²) in [6.45, 7) is 6.62. The van der Waals surface area contributed by atoms with Crippen LogP contribution in [-0.2, 0) is 9.59 Å². The molecule has 6 heteroatoms. The van der Waals surface area contributed by atoms with Gasteiger partial charge in [0.2, 0.25) is 11.8 Å². The summed E-state index contributed by atoms with van der Waals surface area (Å²) >= 11 is 1.93. The number of nitrogens with one attached hydrogen (secondary N) is 1. The van der Waals surface area contributed by atoms with Crippen LogP contribution in [0.2, 0.25) is 0 Å². The molecule has 24 heavy (non-hydrogen) atoms. The highest BCUT2D eigenvalue weighted by molar-refractivity contribution is 7.99. The van der Waals surface area contributed by atoms with Gasteiger partial charge >= 0.3 is 0 Å². The number of amides is 2. The summed E-state index contributed by atoms with van der Waals surface area (Å²) in [5.41, 5.74) is 0. The Labute approximate surface area is 149 Å². The van der Waals surface area contributed by atoms with Crippen LogP contribution in [0.5, 0.6) is 0 Å². The minimum atomic E-state index is 0.130. The standard InChI is InChI=1S/C18H31N3O2S/c1-14-2-7-21(8-3-14)18(23)15-4-9-20(10-5-15)17(22)12-16-13-24-11-6-19-16/h14-16,19H,2-13H2,1H3. The zero-order valence-electron chi connectivity index (χ0n) is 14.8. The van der Waals surface area contributed by atoms with Gasteiger partial charge in [0.15, 0.2) is 0 Å². The van der Waals surface area contributed by atoms with Crippen molar-refractivity contribution in [1.82, 2.24) is 15.1 Å². The van der Waals surface area contributed by atoms with Gasteiger partial charge < -0.3 is 15.1 Å². The molecule has 3 aliphatic rings. The van der Waals surface area contributed by atoms with Crippen molar-refractivity contribution in [1.29, 1.82) is 0 Å². The number of rotatable bonds is 3. The maximum atomic E-state index is 12.7. The average molecular weight is 354 g/mol. The Morgan fingerprint density at radius 2 is 1.71 bits per heavy atom. The minimum Gasteiger partial charge on any atom is -0.343 e. The number of nitrogens with zero attached hydrogens (tertiary/aromatic N) is 2. The number of hydrogen-bond donors (Lipinski definition) is 1. The monoisotopic (exact) mass is 353 g/mol. The Hall–Kier alpha value is -0.750. The first-order valence-electron chi connectivity index (χ1n) is 9.51. The zero-order valence-corrected chi connectivity index (χ0v) is 15.7. The summed E-state index contributed by atoms with van der Waals surface area (Å²) in [5.74, 6) is 3.65. The van der Waals surface area contributed by atoms with Crippen LogP contribution in [-0.4, -0.2) is 71.9 Å². The van der Waals surface area contributed by atoms with Gasteiger partial charge in [0, 0.05) is 62.6 Å². The molecule has 0 aromatic carbocycles. The Kier molecular flexibility index (Phi) is 6.44. The van der Waals surface area contributed by atoms with Crippen LogP contribution in [0.25, 0.3) is 0 Å². The van der Waals surface area contributed by atoms with Gasteiger partial charge in [0.25, 0.3) is 0 Å². The number of carbonyl (C=O) groups is 2. The van der Waals surface area contributed by atoms with Gasteiger partial charge in [0.05, 0.1) is 0 Å². The molecule has 1 atom stereocenters. The normalized spacial score (nSPS) is 27.3. The van der Waals surface area contributed by atoms with E-state index in [0.29, 0.717) is 18.4 Å². The molecule has 3 fully saturated rings. The van der Waals surface area contributed by atoms with Gasteiger partial charge in [-0.25, -0.2) is 0 Å². The van der Waals surface area contributed by atoms with E-state index in [9.17, 15) is 9.59 Å². The molecule has 2 amide bonds. The third kappa shape index (κ3) is 4.66. The number of hydrogen-bond acceptors (Lipinski definition) is 4. The molecule has 0 saturated carbocycles. The summed E-state index contributed by atoms with van der Waals surface area (Å²) in [6, 6.07) is 0.325. The lowest BCUT2D eigenvalue weighted by Crippen LogP contribution is -2.48. The van der Waals surface area contributed by atoms with Gasteiger partial charge in [-0.15, -0.1) is 0 Å². The van der Waals surface area contributed by atoms with Crippen molar-refractivity contribution < 1.29 is 9.59 Å². The lowest BCUT2D eigenvalue weighted by atomic mass is 9.92. The average Bonchev–Trinajstić information content (AvgIpc) is 2.63. The minimum absolute atomic E-state index is 0.130. The third-order valence-corrected chi connectivity index (χ3v) is 6.84. The van der Waals surface area contributed by atoms with Crippen LogP contribution in [0.3, 0.4) is 0 Å². The van der Waals surface area contributed by atoms with E-state index in [4.69, 9.17) is 0 Å². The van der Waals surface area contributed by atoms with E-state index in [1.807, 2.05) is 16.7 Å². The van der Waals surface area contributed by atoms with Crippen molar-refractivity contribution in [3.05, 3.63) is 0 Å². The number of likely N-dealkylation sites (tertiary alicyclic amines) is 2. The van der Waals surface area contributed by atoms with Gasteiger partial charge in [-0.3, -0.25) is 9.59 Å². The maximum Gasteiger partial charge on any atom is 0.225 e. The largest absolute Gasteiger partial charge is 0.343 e. The van der Waals surface area contributed by atoms with Crippen LogP contribution in [0.1, 0.15) is 39.0 Å². The van der Waals surface area contributed by atoms with Crippen molar-refractivity contribution in [2.75, 3.05) is 44.2 Å². The Balaban J connectivity index is 1.41. The highest BCUT2D eigenvalue weighted by Crippen LogP contribution is 2.24. The number of carbonyl (C=O) groups excluding carboxylic acids is 2. The second kappa shape index (κ2) is 8.56. The van der Waals surface area contributed by atoms with Crippen LogP contribution < -0.4 is 5.32 Å². The lowest BCUT2D eigenvalue weighted by Gasteiger charge is -2.37. The first kappa shape index (κ1) is 18.1. The molecule has 0 aliphatic carbocycles. The zero-order chi connectivity index (χ0) is 16.9. The molecule has 0 radical (unpaired) electrons. The highest BCUT2D eigenvalue weighted by atomic mass is 32.2. The van der Waals surface area contributed by atoms with E-state index >= 15 is 0 Å². The van der Waals surface area contributed by atoms with Crippen LogP contribution >= 0.6 is 11.8 Å². The van der Waals surface area contributed by atoms with Crippen molar-refractivity contribution >= 4 is 23.6 Å². The van der Waals surface area contributed by atoms with Gasteiger partial charge in [-0.05, 0) is 31.6 Å². The quantitative estimate of drug-likeness (QED) is 0.837. The molecule has 1 N–H and O–H groups in total. The molecular weight excluding hydrogens is 322 g/mol. The molecule has 3 aliphatic heterocycles. The maximum absolute atomic E-state index is 12.7. The Bertz CT molecular complexity index is 438. The number of thioether (sulfide) groups is 1. The molecule has 3 saturated heterocycles. The molecular formula is C18H31N3O2S. The topological polar surface area (TPSA) is 52.7 Å². The fourth-order valence-electron chi connectivity index (χ4n) is 3.95. The third-order valence-electron chi connectivity index (χ3n) is 5.71.